The van der Waals surface area contributed by atoms with Gasteiger partial charge in [-0.05, 0) is 54.7 Å². The van der Waals surface area contributed by atoms with Gasteiger partial charge in [0.05, 0.1) is 36.2 Å². The Morgan fingerprint density at radius 3 is 1.67 bits per heavy atom. The summed E-state index contributed by atoms with van der Waals surface area (Å²) < 4.78 is 31.0. The lowest BCUT2D eigenvalue weighted by Gasteiger charge is -2.11. The number of nitrogens with one attached hydrogen (secondary N) is 4. The number of halogens is 2. The molecule has 0 aliphatic rings. The van der Waals surface area contributed by atoms with E-state index in [0.29, 0.717) is 34.7 Å². The number of fused-ring (bicyclic) bond motifs is 4. The largest absolute Gasteiger partial charge is 0.370 e. The van der Waals surface area contributed by atoms with Crippen LogP contribution in [0.2, 0.25) is 0 Å². The molecule has 0 atom stereocenters. The van der Waals surface area contributed by atoms with Crippen molar-refractivity contribution in [1.29, 1.82) is 0 Å². The Morgan fingerprint density at radius 1 is 0.639 bits per heavy atom. The maximum Gasteiger partial charge on any atom is 0.165 e. The Labute approximate surface area is 350 Å². The summed E-state index contributed by atoms with van der Waals surface area (Å²) in [4.78, 5) is 23.9. The molecular weight excluding hydrogens is 771 g/mol. The van der Waals surface area contributed by atoms with E-state index in [9.17, 15) is 8.78 Å². The predicted molar refractivity (Wildman–Crippen MR) is 240 cm³/mol. The van der Waals surface area contributed by atoms with Crippen molar-refractivity contribution in [3.05, 3.63) is 163 Å². The second kappa shape index (κ2) is 17.6. The lowest BCUT2D eigenvalue weighted by atomic mass is 10.1. The summed E-state index contributed by atoms with van der Waals surface area (Å²) in [6.07, 6.45) is 17.5. The monoisotopic (exact) mass is 814 g/mol. The van der Waals surface area contributed by atoms with Crippen molar-refractivity contribution in [3.8, 4) is 22.5 Å². The van der Waals surface area contributed by atoms with Crippen LogP contribution in [0.3, 0.4) is 0 Å². The van der Waals surface area contributed by atoms with E-state index in [4.69, 9.17) is 4.98 Å². The van der Waals surface area contributed by atoms with Crippen molar-refractivity contribution in [2.75, 3.05) is 23.7 Å². The summed E-state index contributed by atoms with van der Waals surface area (Å²) in [5, 5.41) is 18.3. The Morgan fingerprint density at radius 2 is 1.15 bits per heavy atom. The molecule has 14 heteroatoms. The van der Waals surface area contributed by atoms with E-state index in [0.717, 1.165) is 65.3 Å². The molecule has 0 aliphatic heterocycles. The molecule has 8 aromatic heterocycles. The van der Waals surface area contributed by atoms with Gasteiger partial charge in [-0.2, -0.15) is 19.2 Å². The Balaban J connectivity index is 0.000000166. The van der Waals surface area contributed by atoms with E-state index < -0.39 is 5.82 Å². The van der Waals surface area contributed by atoms with Crippen LogP contribution in [0.25, 0.3) is 61.7 Å². The molecular formula is C47H44F2N12. The highest BCUT2D eigenvalue weighted by atomic mass is 19.1. The van der Waals surface area contributed by atoms with Crippen LogP contribution < -0.4 is 10.6 Å². The molecule has 0 saturated carbocycles. The van der Waals surface area contributed by atoms with Crippen LogP contribution in [0.4, 0.5) is 20.4 Å². The summed E-state index contributed by atoms with van der Waals surface area (Å²) in [6.45, 7) is 7.33. The maximum atomic E-state index is 13.7. The molecule has 10 aromatic rings. The number of nitrogens with zero attached hydrogens (tertiary/aromatic N) is 8. The van der Waals surface area contributed by atoms with E-state index >= 15 is 0 Å². The van der Waals surface area contributed by atoms with E-state index in [1.165, 1.54) is 46.4 Å². The van der Waals surface area contributed by atoms with Crippen LogP contribution in [0, 0.1) is 11.6 Å². The van der Waals surface area contributed by atoms with Gasteiger partial charge < -0.3 is 20.6 Å². The standard InChI is InChI=1S/C23H21FN6.C23H19FN6.CH4/c2*1-2-15-13-28-30-22(10-21(29-23(15)30)17-9-18(24)14-25-11-17)26-8-7-16-12-27-20-6-4-3-5-19(16)20;/h3-6,9-14,26-27H,2,7-8H2,1H3;2-6,9-14,26-27H,1,7-8H2;1H4. The second-order valence-electron chi connectivity index (χ2n) is 14.2. The van der Waals surface area contributed by atoms with Crippen LogP contribution in [0.5, 0.6) is 0 Å². The fraction of sp³-hybridized carbons (Fsp3) is 0.149. The van der Waals surface area contributed by atoms with Gasteiger partial charge in [0.1, 0.15) is 23.3 Å². The van der Waals surface area contributed by atoms with Crippen LogP contribution in [0.15, 0.2) is 129 Å². The van der Waals surface area contributed by atoms with Crippen LogP contribution >= 0.6 is 0 Å². The zero-order valence-corrected chi connectivity index (χ0v) is 32.7. The van der Waals surface area contributed by atoms with Crippen molar-refractivity contribution in [2.24, 2.45) is 0 Å². The number of anilines is 2. The summed E-state index contributed by atoms with van der Waals surface area (Å²) >= 11 is 0. The summed E-state index contributed by atoms with van der Waals surface area (Å²) in [6, 6.07) is 23.2. The fourth-order valence-electron chi connectivity index (χ4n) is 7.36. The normalized spacial score (nSPS) is 11.1. The van der Waals surface area contributed by atoms with Gasteiger partial charge in [0.25, 0.3) is 0 Å². The zero-order chi connectivity index (χ0) is 41.0. The molecule has 0 saturated heterocycles. The van der Waals surface area contributed by atoms with E-state index in [1.54, 1.807) is 29.2 Å². The van der Waals surface area contributed by atoms with Gasteiger partial charge in [0.15, 0.2) is 11.3 Å². The molecule has 10 rings (SSSR count). The van der Waals surface area contributed by atoms with E-state index in [-0.39, 0.29) is 13.2 Å². The highest BCUT2D eigenvalue weighted by Gasteiger charge is 2.15. The van der Waals surface area contributed by atoms with Crippen molar-refractivity contribution < 1.29 is 8.78 Å². The molecule has 0 aliphatic carbocycles. The molecule has 12 nitrogen and oxygen atoms in total. The molecule has 0 spiro atoms. The minimum atomic E-state index is -0.402. The Hall–Kier alpha value is -7.74. The highest BCUT2D eigenvalue weighted by molar-refractivity contribution is 5.84. The lowest BCUT2D eigenvalue weighted by Crippen LogP contribution is -2.10. The molecule has 4 N–H and O–H groups in total. The summed E-state index contributed by atoms with van der Waals surface area (Å²) in [5.41, 5.74) is 10.6. The average Bonchev–Trinajstić information content (AvgIpc) is 4.09. The molecule has 0 unspecified atom stereocenters. The third kappa shape index (κ3) is 8.28. The van der Waals surface area contributed by atoms with Gasteiger partial charge in [-0.25, -0.2) is 18.7 Å². The minimum Gasteiger partial charge on any atom is -0.370 e. The van der Waals surface area contributed by atoms with Gasteiger partial charge in [-0.1, -0.05) is 63.4 Å². The summed E-state index contributed by atoms with van der Waals surface area (Å²) in [5.74, 6) is 0.804. The van der Waals surface area contributed by atoms with E-state index in [1.807, 2.05) is 47.2 Å². The topological polar surface area (TPSA) is 142 Å². The smallest absolute Gasteiger partial charge is 0.165 e. The number of hydrogen-bond acceptors (Lipinski definition) is 8. The number of aromatic nitrogens is 10. The first-order chi connectivity index (χ1) is 29.4. The zero-order valence-electron chi connectivity index (χ0n) is 32.7. The van der Waals surface area contributed by atoms with Crippen LogP contribution in [0.1, 0.15) is 36.6 Å². The SMILES string of the molecule is C.C=Cc1cnn2c(NCCc3c[nH]c4ccccc34)cc(-c3cncc(F)c3)nc12.CCc1cnn2c(NCCc3c[nH]c4ccccc34)cc(-c3cncc(F)c3)nc12. The molecule has 0 fully saturated rings. The minimum absolute atomic E-state index is 0. The number of rotatable bonds is 12. The number of hydrogen-bond donors (Lipinski definition) is 4. The molecule has 306 valence electrons. The van der Waals surface area contributed by atoms with Crippen molar-refractivity contribution >= 4 is 50.8 Å². The second-order valence-corrected chi connectivity index (χ2v) is 14.2. The first-order valence-electron chi connectivity index (χ1n) is 19.6. The highest BCUT2D eigenvalue weighted by Crippen LogP contribution is 2.27. The van der Waals surface area contributed by atoms with Crippen LogP contribution in [-0.4, -0.2) is 62.2 Å². The van der Waals surface area contributed by atoms with Crippen molar-refractivity contribution in [1.82, 2.24) is 49.1 Å². The third-order valence-electron chi connectivity index (χ3n) is 10.4. The maximum absolute atomic E-state index is 13.7. The van der Waals surface area contributed by atoms with Gasteiger partial charge in [-0.3, -0.25) is 9.97 Å². The van der Waals surface area contributed by atoms with Gasteiger partial charge >= 0.3 is 0 Å². The molecule has 61 heavy (non-hydrogen) atoms. The predicted octanol–water partition coefficient (Wildman–Crippen LogP) is 9.97. The quantitative estimate of drug-likeness (QED) is 0.0955. The number of aromatic amines is 2. The molecule has 8 heterocycles. The fourth-order valence-corrected chi connectivity index (χ4v) is 7.36. The molecule has 0 amide bonds. The molecule has 2 aromatic carbocycles. The summed E-state index contributed by atoms with van der Waals surface area (Å²) in [7, 11) is 0. The van der Waals surface area contributed by atoms with Crippen molar-refractivity contribution in [2.45, 2.75) is 33.6 Å². The average molecular weight is 815 g/mol. The van der Waals surface area contributed by atoms with Crippen molar-refractivity contribution in [3.63, 3.8) is 0 Å². The first-order valence-corrected chi connectivity index (χ1v) is 19.6. The Kier molecular flexibility index (Phi) is 11.6. The Bertz CT molecular complexity index is 3120. The van der Waals surface area contributed by atoms with Gasteiger partial charge in [0, 0.05) is 94.1 Å². The number of benzene rings is 2. The third-order valence-corrected chi connectivity index (χ3v) is 10.4. The van der Waals surface area contributed by atoms with E-state index in [2.05, 4.69) is 95.8 Å². The number of aryl methyl sites for hydroxylation is 1. The number of para-hydroxylation sites is 2. The van der Waals surface area contributed by atoms with Gasteiger partial charge in [0.2, 0.25) is 0 Å². The first kappa shape index (κ1) is 40.1. The number of pyridine rings is 2. The number of H-pyrrole nitrogens is 2. The van der Waals surface area contributed by atoms with Gasteiger partial charge in [-0.15, -0.1) is 0 Å². The van der Waals surface area contributed by atoms with Crippen LogP contribution in [-0.2, 0) is 19.3 Å². The molecule has 0 radical (unpaired) electrons. The lowest BCUT2D eigenvalue weighted by molar-refractivity contribution is 0.621. The molecule has 0 bridgehead atoms.